The van der Waals surface area contributed by atoms with Gasteiger partial charge in [0.25, 0.3) is 0 Å². The fourth-order valence-corrected chi connectivity index (χ4v) is 2.49. The Morgan fingerprint density at radius 3 is 2.33 bits per heavy atom. The smallest absolute Gasteiger partial charge is 0.312 e. The Morgan fingerprint density at radius 1 is 1.28 bits per heavy atom. The second-order valence-electron chi connectivity index (χ2n) is 4.58. The third-order valence-electron chi connectivity index (χ3n) is 2.19. The van der Waals surface area contributed by atoms with Crippen molar-refractivity contribution >= 4 is 23.7 Å². The third-order valence-corrected chi connectivity index (χ3v) is 3.72. The molecule has 0 amide bonds. The maximum absolute atomic E-state index is 11.5. The van der Waals surface area contributed by atoms with E-state index in [0.717, 1.165) is 0 Å². The molecule has 0 aliphatic rings. The molecule has 0 aliphatic heterocycles. The molecule has 0 saturated carbocycles. The minimum atomic E-state index is -0.548. The molecule has 0 rings (SSSR count). The summed E-state index contributed by atoms with van der Waals surface area (Å²) in [7, 11) is 2.93. The number of hydrogen-bond donors (Lipinski definition) is 0. The Kier molecular flexibility index (Phi) is 8.02. The first-order valence-corrected chi connectivity index (χ1v) is 6.81. The van der Waals surface area contributed by atoms with Gasteiger partial charge in [-0.05, 0) is 13.8 Å². The fourth-order valence-electron chi connectivity index (χ4n) is 1.32. The van der Waals surface area contributed by atoms with Crippen molar-refractivity contribution < 1.29 is 23.8 Å². The summed E-state index contributed by atoms with van der Waals surface area (Å²) in [5.74, 6) is 0.616. The molecule has 106 valence electrons. The number of methoxy groups -OCH3 is 2. The van der Waals surface area contributed by atoms with Crippen LogP contribution < -0.4 is 0 Å². The first kappa shape index (κ1) is 17.2. The Morgan fingerprint density at radius 2 is 1.89 bits per heavy atom. The van der Waals surface area contributed by atoms with E-state index in [-0.39, 0.29) is 18.0 Å². The van der Waals surface area contributed by atoms with Crippen molar-refractivity contribution in [2.45, 2.75) is 26.9 Å². The molecule has 0 bridgehead atoms. The summed E-state index contributed by atoms with van der Waals surface area (Å²) in [5.41, 5.74) is -0.548. The summed E-state index contributed by atoms with van der Waals surface area (Å²) in [4.78, 5) is 22.3. The van der Waals surface area contributed by atoms with Crippen LogP contribution in [0.5, 0.6) is 0 Å². The van der Waals surface area contributed by atoms with Gasteiger partial charge < -0.3 is 14.2 Å². The Balaban J connectivity index is 4.12. The molecule has 0 aromatic rings. The van der Waals surface area contributed by atoms with Crippen LogP contribution in [-0.2, 0) is 23.8 Å². The van der Waals surface area contributed by atoms with Crippen LogP contribution in [0.15, 0.2) is 0 Å². The van der Waals surface area contributed by atoms with Gasteiger partial charge in [0.1, 0.15) is 6.10 Å². The largest absolute Gasteiger partial charge is 0.469 e. The van der Waals surface area contributed by atoms with Crippen molar-refractivity contribution in [2.24, 2.45) is 5.41 Å². The van der Waals surface area contributed by atoms with E-state index >= 15 is 0 Å². The molecular formula is C12H22O5S. The maximum atomic E-state index is 11.5. The zero-order valence-electron chi connectivity index (χ0n) is 11.6. The first-order chi connectivity index (χ1) is 8.33. The molecule has 0 aromatic carbocycles. The van der Waals surface area contributed by atoms with Gasteiger partial charge in [-0.2, -0.15) is 11.8 Å². The van der Waals surface area contributed by atoms with Gasteiger partial charge in [0, 0.05) is 25.5 Å². The highest BCUT2D eigenvalue weighted by Crippen LogP contribution is 2.24. The topological polar surface area (TPSA) is 61.8 Å². The molecule has 1 unspecified atom stereocenters. The van der Waals surface area contributed by atoms with Crippen molar-refractivity contribution in [1.29, 1.82) is 0 Å². The van der Waals surface area contributed by atoms with Crippen molar-refractivity contribution in [3.05, 3.63) is 0 Å². The average molecular weight is 278 g/mol. The van der Waals surface area contributed by atoms with Crippen LogP contribution in [0.2, 0.25) is 0 Å². The number of carbonyl (C=O) groups excluding carboxylic acids is 2. The molecule has 5 nitrogen and oxygen atoms in total. The van der Waals surface area contributed by atoms with Gasteiger partial charge in [0.05, 0.1) is 19.1 Å². The van der Waals surface area contributed by atoms with E-state index in [1.165, 1.54) is 25.8 Å². The zero-order chi connectivity index (χ0) is 14.2. The molecule has 0 radical (unpaired) electrons. The zero-order valence-corrected chi connectivity index (χ0v) is 12.5. The molecule has 0 saturated heterocycles. The third kappa shape index (κ3) is 6.86. The van der Waals surface area contributed by atoms with Gasteiger partial charge in [0.15, 0.2) is 0 Å². The van der Waals surface area contributed by atoms with E-state index in [2.05, 4.69) is 0 Å². The molecule has 0 aliphatic carbocycles. The molecule has 6 heteroatoms. The molecule has 0 heterocycles. The Bertz CT molecular complexity index is 278. The SMILES string of the molecule is COCC(CSCC(C)(C)C(=O)OC)OC(C)=O. The molecule has 0 aromatic heterocycles. The number of thioether (sulfide) groups is 1. The van der Waals surface area contributed by atoms with E-state index in [9.17, 15) is 9.59 Å². The van der Waals surface area contributed by atoms with Crippen LogP contribution in [0.3, 0.4) is 0 Å². The number of carbonyl (C=O) groups is 2. The first-order valence-electron chi connectivity index (χ1n) is 5.65. The summed E-state index contributed by atoms with van der Waals surface area (Å²) in [5, 5.41) is 0. The Labute approximate surface area is 113 Å². The minimum absolute atomic E-state index is 0.245. The van der Waals surface area contributed by atoms with Gasteiger partial charge >= 0.3 is 11.9 Å². The van der Waals surface area contributed by atoms with Crippen LogP contribution in [-0.4, -0.2) is 50.4 Å². The second kappa shape index (κ2) is 8.37. The standard InChI is InChI=1S/C12H22O5S/c1-9(13)17-10(6-15-4)7-18-8-12(2,3)11(14)16-5/h10H,6-8H2,1-5H3. The summed E-state index contributed by atoms with van der Waals surface area (Å²) < 4.78 is 14.8. The maximum Gasteiger partial charge on any atom is 0.312 e. The molecular weight excluding hydrogens is 256 g/mol. The van der Waals surface area contributed by atoms with Gasteiger partial charge in [-0.25, -0.2) is 0 Å². The minimum Gasteiger partial charge on any atom is -0.469 e. The van der Waals surface area contributed by atoms with Crippen LogP contribution in [0, 0.1) is 5.41 Å². The molecule has 0 N–H and O–H groups in total. The predicted octanol–water partition coefficient (Wildman–Crippen LogP) is 1.50. The normalized spacial score (nSPS) is 12.9. The van der Waals surface area contributed by atoms with E-state index < -0.39 is 5.41 Å². The quantitative estimate of drug-likeness (QED) is 0.627. The molecule has 18 heavy (non-hydrogen) atoms. The number of ether oxygens (including phenoxy) is 3. The second-order valence-corrected chi connectivity index (χ2v) is 5.61. The van der Waals surface area contributed by atoms with Crippen molar-refractivity contribution in [3.8, 4) is 0 Å². The van der Waals surface area contributed by atoms with Crippen LogP contribution >= 0.6 is 11.8 Å². The molecule has 0 spiro atoms. The monoisotopic (exact) mass is 278 g/mol. The van der Waals surface area contributed by atoms with Crippen LogP contribution in [0.4, 0.5) is 0 Å². The summed E-state index contributed by atoms with van der Waals surface area (Å²) >= 11 is 1.54. The number of rotatable bonds is 8. The summed E-state index contributed by atoms with van der Waals surface area (Å²) in [6, 6.07) is 0. The van der Waals surface area contributed by atoms with Crippen LogP contribution in [0.25, 0.3) is 0 Å². The van der Waals surface area contributed by atoms with Crippen molar-refractivity contribution in [3.63, 3.8) is 0 Å². The van der Waals surface area contributed by atoms with Gasteiger partial charge in [-0.3, -0.25) is 9.59 Å². The lowest BCUT2D eigenvalue weighted by atomic mass is 9.97. The molecule has 0 fully saturated rings. The van der Waals surface area contributed by atoms with Gasteiger partial charge in [0.2, 0.25) is 0 Å². The van der Waals surface area contributed by atoms with Crippen molar-refractivity contribution in [2.75, 3.05) is 32.3 Å². The predicted molar refractivity (Wildman–Crippen MR) is 70.6 cm³/mol. The lowest BCUT2D eigenvalue weighted by Crippen LogP contribution is -2.30. The van der Waals surface area contributed by atoms with E-state index in [1.807, 2.05) is 13.8 Å². The Hall–Kier alpha value is -0.750. The van der Waals surface area contributed by atoms with Crippen LogP contribution in [0.1, 0.15) is 20.8 Å². The van der Waals surface area contributed by atoms with E-state index in [4.69, 9.17) is 14.2 Å². The highest BCUT2D eigenvalue weighted by Gasteiger charge is 2.29. The van der Waals surface area contributed by atoms with Gasteiger partial charge in [-0.15, -0.1) is 0 Å². The van der Waals surface area contributed by atoms with Gasteiger partial charge in [-0.1, -0.05) is 0 Å². The fraction of sp³-hybridized carbons (Fsp3) is 0.833. The van der Waals surface area contributed by atoms with E-state index in [1.54, 1.807) is 7.11 Å². The van der Waals surface area contributed by atoms with E-state index in [0.29, 0.717) is 18.1 Å². The lowest BCUT2D eigenvalue weighted by molar-refractivity contribution is -0.149. The highest BCUT2D eigenvalue weighted by atomic mass is 32.2. The molecule has 1 atom stereocenters. The lowest BCUT2D eigenvalue weighted by Gasteiger charge is -2.22. The highest BCUT2D eigenvalue weighted by molar-refractivity contribution is 7.99. The number of hydrogen-bond acceptors (Lipinski definition) is 6. The average Bonchev–Trinajstić information content (AvgIpc) is 2.27. The van der Waals surface area contributed by atoms with Crippen molar-refractivity contribution in [1.82, 2.24) is 0 Å². The number of esters is 2. The summed E-state index contributed by atoms with van der Waals surface area (Å²) in [6.45, 7) is 5.36. The summed E-state index contributed by atoms with van der Waals surface area (Å²) in [6.07, 6.45) is -0.286.